The van der Waals surface area contributed by atoms with Crippen molar-refractivity contribution in [2.24, 2.45) is 11.7 Å². The zero-order valence-corrected chi connectivity index (χ0v) is 11.1. The minimum atomic E-state index is 0.356. The van der Waals surface area contributed by atoms with Crippen molar-refractivity contribution in [3.8, 4) is 0 Å². The molecule has 0 aromatic carbocycles. The van der Waals surface area contributed by atoms with Crippen molar-refractivity contribution in [2.45, 2.75) is 52.1 Å². The maximum atomic E-state index is 5.76. The third kappa shape index (κ3) is 5.28. The second-order valence-electron chi connectivity index (χ2n) is 5.43. The van der Waals surface area contributed by atoms with Gasteiger partial charge >= 0.3 is 0 Å². The molecule has 1 aliphatic heterocycles. The van der Waals surface area contributed by atoms with Gasteiger partial charge in [-0.25, -0.2) is 0 Å². The van der Waals surface area contributed by atoms with Crippen LogP contribution in [0.25, 0.3) is 0 Å². The molecule has 96 valence electrons. The van der Waals surface area contributed by atoms with Gasteiger partial charge in [0.25, 0.3) is 0 Å². The smallest absolute Gasteiger partial charge is 0.0619 e. The summed E-state index contributed by atoms with van der Waals surface area (Å²) in [4.78, 5) is 2.56. The Morgan fingerprint density at radius 3 is 2.75 bits per heavy atom. The molecular formula is C13H28N2O. The van der Waals surface area contributed by atoms with E-state index in [-0.39, 0.29) is 0 Å². The molecule has 0 bridgehead atoms. The SMILES string of the molecule is CC(N)CCCC(C)CN1CCOCC1C. The van der Waals surface area contributed by atoms with Crippen molar-refractivity contribution in [1.82, 2.24) is 4.90 Å². The Kier molecular flexibility index (Phi) is 6.32. The number of hydrogen-bond acceptors (Lipinski definition) is 3. The lowest BCUT2D eigenvalue weighted by Crippen LogP contribution is -2.45. The quantitative estimate of drug-likeness (QED) is 0.754. The van der Waals surface area contributed by atoms with E-state index in [0.29, 0.717) is 12.1 Å². The summed E-state index contributed by atoms with van der Waals surface area (Å²) in [6.07, 6.45) is 3.71. The number of morpholine rings is 1. The molecule has 0 aromatic heterocycles. The van der Waals surface area contributed by atoms with Crippen LogP contribution in [0.5, 0.6) is 0 Å². The van der Waals surface area contributed by atoms with Gasteiger partial charge in [-0.05, 0) is 32.6 Å². The van der Waals surface area contributed by atoms with E-state index in [0.717, 1.165) is 32.1 Å². The highest BCUT2D eigenvalue weighted by atomic mass is 16.5. The van der Waals surface area contributed by atoms with Crippen LogP contribution in [0.3, 0.4) is 0 Å². The van der Waals surface area contributed by atoms with Gasteiger partial charge < -0.3 is 10.5 Å². The number of nitrogens with two attached hydrogens (primary N) is 1. The van der Waals surface area contributed by atoms with Gasteiger partial charge in [-0.2, -0.15) is 0 Å². The van der Waals surface area contributed by atoms with Crippen molar-refractivity contribution < 1.29 is 4.74 Å². The standard InChI is InChI=1S/C13H28N2O/c1-11(5-4-6-12(2)14)9-15-7-8-16-10-13(15)3/h11-13H,4-10,14H2,1-3H3. The predicted octanol–water partition coefficient (Wildman–Crippen LogP) is 1.86. The van der Waals surface area contributed by atoms with E-state index in [1.54, 1.807) is 0 Å². The van der Waals surface area contributed by atoms with Crippen molar-refractivity contribution in [2.75, 3.05) is 26.3 Å². The fraction of sp³-hybridized carbons (Fsp3) is 1.00. The summed E-state index contributed by atoms with van der Waals surface area (Å²) >= 11 is 0. The van der Waals surface area contributed by atoms with Crippen LogP contribution < -0.4 is 5.73 Å². The largest absolute Gasteiger partial charge is 0.379 e. The molecule has 0 amide bonds. The minimum absolute atomic E-state index is 0.356. The summed E-state index contributed by atoms with van der Waals surface area (Å²) in [5.74, 6) is 0.777. The molecule has 1 heterocycles. The summed E-state index contributed by atoms with van der Waals surface area (Å²) in [6, 6.07) is 0.944. The molecule has 2 N–H and O–H groups in total. The molecule has 16 heavy (non-hydrogen) atoms. The molecule has 1 rings (SSSR count). The highest BCUT2D eigenvalue weighted by Crippen LogP contribution is 2.14. The summed E-state index contributed by atoms with van der Waals surface area (Å²) in [7, 11) is 0. The lowest BCUT2D eigenvalue weighted by molar-refractivity contribution is -0.00677. The Bertz CT molecular complexity index is 185. The number of hydrogen-bond donors (Lipinski definition) is 1. The molecule has 1 fully saturated rings. The second-order valence-corrected chi connectivity index (χ2v) is 5.43. The van der Waals surface area contributed by atoms with E-state index in [4.69, 9.17) is 10.5 Å². The Morgan fingerprint density at radius 1 is 1.38 bits per heavy atom. The molecule has 1 saturated heterocycles. The third-order valence-corrected chi connectivity index (χ3v) is 3.41. The van der Waals surface area contributed by atoms with E-state index < -0.39 is 0 Å². The van der Waals surface area contributed by atoms with Crippen molar-refractivity contribution in [1.29, 1.82) is 0 Å². The van der Waals surface area contributed by atoms with E-state index in [2.05, 4.69) is 25.7 Å². The molecule has 1 aliphatic rings. The van der Waals surface area contributed by atoms with Crippen LogP contribution in [0.1, 0.15) is 40.0 Å². The summed E-state index contributed by atoms with van der Waals surface area (Å²) < 4.78 is 5.45. The first-order chi connectivity index (χ1) is 7.59. The van der Waals surface area contributed by atoms with Crippen LogP contribution in [0.2, 0.25) is 0 Å². The molecule has 0 saturated carbocycles. The van der Waals surface area contributed by atoms with E-state index >= 15 is 0 Å². The maximum Gasteiger partial charge on any atom is 0.0619 e. The van der Waals surface area contributed by atoms with Crippen LogP contribution in [0.4, 0.5) is 0 Å². The zero-order chi connectivity index (χ0) is 12.0. The molecule has 0 aromatic rings. The van der Waals surface area contributed by atoms with Gasteiger partial charge in [-0.3, -0.25) is 4.90 Å². The average molecular weight is 228 g/mol. The summed E-state index contributed by atoms with van der Waals surface area (Å²) in [6.45, 7) is 10.8. The predicted molar refractivity (Wildman–Crippen MR) is 68.5 cm³/mol. The third-order valence-electron chi connectivity index (χ3n) is 3.41. The Balaban J connectivity index is 2.14. The molecule has 3 nitrogen and oxygen atoms in total. The van der Waals surface area contributed by atoms with Crippen molar-refractivity contribution >= 4 is 0 Å². The van der Waals surface area contributed by atoms with Gasteiger partial charge in [0.2, 0.25) is 0 Å². The first-order valence-corrected chi connectivity index (χ1v) is 6.67. The van der Waals surface area contributed by atoms with Gasteiger partial charge in [0, 0.05) is 25.2 Å². The van der Waals surface area contributed by atoms with E-state index in [9.17, 15) is 0 Å². The second kappa shape index (κ2) is 7.25. The molecule has 3 atom stereocenters. The molecule has 0 spiro atoms. The lowest BCUT2D eigenvalue weighted by Gasteiger charge is -2.35. The maximum absolute atomic E-state index is 5.76. The fourth-order valence-electron chi connectivity index (χ4n) is 2.31. The number of rotatable bonds is 6. The molecule has 3 unspecified atom stereocenters. The molecular weight excluding hydrogens is 200 g/mol. The van der Waals surface area contributed by atoms with E-state index in [1.807, 2.05) is 0 Å². The van der Waals surface area contributed by atoms with Gasteiger partial charge in [0.1, 0.15) is 0 Å². The van der Waals surface area contributed by atoms with Crippen LogP contribution in [0.15, 0.2) is 0 Å². The highest BCUT2D eigenvalue weighted by molar-refractivity contribution is 4.73. The van der Waals surface area contributed by atoms with Crippen LogP contribution in [-0.2, 0) is 4.74 Å². The fourth-order valence-corrected chi connectivity index (χ4v) is 2.31. The van der Waals surface area contributed by atoms with Gasteiger partial charge in [0.05, 0.1) is 13.2 Å². The van der Waals surface area contributed by atoms with Crippen LogP contribution in [0, 0.1) is 5.92 Å². The first kappa shape index (κ1) is 13.9. The monoisotopic (exact) mass is 228 g/mol. The van der Waals surface area contributed by atoms with Crippen molar-refractivity contribution in [3.05, 3.63) is 0 Å². The summed E-state index contributed by atoms with van der Waals surface area (Å²) in [5, 5.41) is 0. The Hall–Kier alpha value is -0.120. The topological polar surface area (TPSA) is 38.5 Å². The highest BCUT2D eigenvalue weighted by Gasteiger charge is 2.20. The lowest BCUT2D eigenvalue weighted by atomic mass is 10.0. The minimum Gasteiger partial charge on any atom is -0.379 e. The normalized spacial score (nSPS) is 26.6. The molecule has 0 radical (unpaired) electrons. The summed E-state index contributed by atoms with van der Waals surface area (Å²) in [5.41, 5.74) is 5.76. The van der Waals surface area contributed by atoms with Gasteiger partial charge in [-0.1, -0.05) is 13.3 Å². The van der Waals surface area contributed by atoms with E-state index in [1.165, 1.54) is 19.4 Å². The first-order valence-electron chi connectivity index (χ1n) is 6.67. The van der Waals surface area contributed by atoms with Gasteiger partial charge in [0.15, 0.2) is 0 Å². The van der Waals surface area contributed by atoms with Crippen molar-refractivity contribution in [3.63, 3.8) is 0 Å². The molecule has 3 heteroatoms. The average Bonchev–Trinajstić information content (AvgIpc) is 2.21. The number of nitrogens with zero attached hydrogens (tertiary/aromatic N) is 1. The zero-order valence-electron chi connectivity index (χ0n) is 11.1. The van der Waals surface area contributed by atoms with Crippen LogP contribution >= 0.6 is 0 Å². The molecule has 0 aliphatic carbocycles. The Labute approximate surface area is 100 Å². The number of ether oxygens (including phenoxy) is 1. The van der Waals surface area contributed by atoms with Crippen LogP contribution in [-0.4, -0.2) is 43.3 Å². The Morgan fingerprint density at radius 2 is 2.12 bits per heavy atom. The van der Waals surface area contributed by atoms with Gasteiger partial charge in [-0.15, -0.1) is 0 Å².